The Hall–Kier alpha value is -0.850. The largest absolute Gasteiger partial charge is 0.295 e. The van der Waals surface area contributed by atoms with Gasteiger partial charge in [-0.2, -0.15) is 0 Å². The van der Waals surface area contributed by atoms with Gasteiger partial charge in [0.2, 0.25) is 0 Å². The molecule has 4 rings (SSSR count). The van der Waals surface area contributed by atoms with Crippen molar-refractivity contribution in [2.75, 3.05) is 0 Å². The van der Waals surface area contributed by atoms with Crippen LogP contribution in [-0.2, 0) is 4.79 Å². The maximum absolute atomic E-state index is 11.8. The molecule has 0 aliphatic heterocycles. The van der Waals surface area contributed by atoms with E-state index in [9.17, 15) is 4.79 Å². The summed E-state index contributed by atoms with van der Waals surface area (Å²) in [5.41, 5.74) is 3.83. The second-order valence-electron chi connectivity index (χ2n) is 8.79. The Morgan fingerprint density at radius 3 is 2.76 bits per heavy atom. The lowest BCUT2D eigenvalue weighted by molar-refractivity contribution is -0.117. The van der Waals surface area contributed by atoms with Crippen molar-refractivity contribution in [3.8, 4) is 0 Å². The van der Waals surface area contributed by atoms with Crippen LogP contribution in [0, 0.1) is 28.6 Å². The Labute approximate surface area is 128 Å². The van der Waals surface area contributed by atoms with Gasteiger partial charge in [0.15, 0.2) is 5.78 Å². The van der Waals surface area contributed by atoms with E-state index in [0.29, 0.717) is 16.6 Å². The smallest absolute Gasteiger partial charge is 0.155 e. The molecule has 0 aromatic carbocycles. The van der Waals surface area contributed by atoms with E-state index >= 15 is 0 Å². The maximum Gasteiger partial charge on any atom is 0.155 e. The zero-order valence-electron chi connectivity index (χ0n) is 13.6. The molecule has 5 atom stereocenters. The monoisotopic (exact) mass is 284 g/mol. The molecule has 4 aliphatic rings. The van der Waals surface area contributed by atoms with E-state index in [-0.39, 0.29) is 0 Å². The molecule has 0 amide bonds. The number of fused-ring (bicyclic) bond motifs is 5. The normalized spacial score (nSPS) is 49.2. The van der Waals surface area contributed by atoms with Gasteiger partial charge >= 0.3 is 0 Å². The number of carbonyl (C=O) groups is 1. The molecule has 0 spiro atoms. The summed E-state index contributed by atoms with van der Waals surface area (Å²) in [7, 11) is 0. The van der Waals surface area contributed by atoms with Gasteiger partial charge in [-0.15, -0.1) is 0 Å². The summed E-state index contributed by atoms with van der Waals surface area (Å²) in [5, 5.41) is 0. The highest BCUT2D eigenvalue weighted by Gasteiger charge is 2.56. The van der Waals surface area contributed by atoms with Crippen molar-refractivity contribution in [2.24, 2.45) is 28.6 Å². The van der Waals surface area contributed by atoms with Crippen LogP contribution in [0.3, 0.4) is 0 Å². The van der Waals surface area contributed by atoms with Gasteiger partial charge in [-0.05, 0) is 79.6 Å². The first kappa shape index (κ1) is 13.8. The van der Waals surface area contributed by atoms with Crippen molar-refractivity contribution in [1.82, 2.24) is 0 Å². The Morgan fingerprint density at radius 2 is 1.95 bits per heavy atom. The number of hydrogen-bond acceptors (Lipinski definition) is 1. The lowest BCUT2D eigenvalue weighted by Gasteiger charge is -2.57. The van der Waals surface area contributed by atoms with E-state index in [4.69, 9.17) is 0 Å². The minimum atomic E-state index is 0.322. The van der Waals surface area contributed by atoms with Crippen molar-refractivity contribution >= 4 is 5.78 Å². The van der Waals surface area contributed by atoms with Crippen molar-refractivity contribution < 1.29 is 4.79 Å². The summed E-state index contributed by atoms with van der Waals surface area (Å²) in [6, 6.07) is 0. The van der Waals surface area contributed by atoms with Gasteiger partial charge in [-0.3, -0.25) is 4.79 Å². The summed E-state index contributed by atoms with van der Waals surface area (Å²) in [4.78, 5) is 11.8. The van der Waals surface area contributed by atoms with Crippen LogP contribution < -0.4 is 0 Å². The molecule has 114 valence electrons. The van der Waals surface area contributed by atoms with E-state index in [1.165, 1.54) is 49.7 Å². The van der Waals surface area contributed by atoms with Gasteiger partial charge in [0.25, 0.3) is 0 Å². The second-order valence-corrected chi connectivity index (χ2v) is 8.79. The molecule has 0 N–H and O–H groups in total. The summed E-state index contributed by atoms with van der Waals surface area (Å²) < 4.78 is 0. The third kappa shape index (κ3) is 1.85. The van der Waals surface area contributed by atoms with Crippen LogP contribution >= 0.6 is 0 Å². The number of carbonyl (C=O) groups excluding carboxylic acids is 1. The van der Waals surface area contributed by atoms with Crippen LogP contribution in [-0.4, -0.2) is 5.78 Å². The van der Waals surface area contributed by atoms with Gasteiger partial charge < -0.3 is 0 Å². The zero-order valence-corrected chi connectivity index (χ0v) is 13.6. The Bertz CT molecular complexity index is 542. The minimum Gasteiger partial charge on any atom is -0.295 e. The summed E-state index contributed by atoms with van der Waals surface area (Å²) >= 11 is 0. The number of rotatable bonds is 0. The van der Waals surface area contributed by atoms with Crippen LogP contribution in [0.4, 0.5) is 0 Å². The molecular formula is C20H28O. The molecule has 0 aromatic rings. The first-order chi connectivity index (χ1) is 9.92. The summed E-state index contributed by atoms with van der Waals surface area (Å²) in [5.74, 6) is 2.92. The van der Waals surface area contributed by atoms with E-state index in [0.717, 1.165) is 30.6 Å². The maximum atomic E-state index is 11.8. The molecule has 21 heavy (non-hydrogen) atoms. The molecular weight excluding hydrogens is 256 g/mol. The fraction of sp³-hybridized carbons (Fsp3) is 0.750. The van der Waals surface area contributed by atoms with E-state index < -0.39 is 0 Å². The highest BCUT2D eigenvalue weighted by Crippen LogP contribution is 2.65. The van der Waals surface area contributed by atoms with Gasteiger partial charge in [-0.25, -0.2) is 0 Å². The van der Waals surface area contributed by atoms with Crippen LogP contribution in [0.2, 0.25) is 0 Å². The number of ketones is 1. The summed E-state index contributed by atoms with van der Waals surface area (Å²) in [6.07, 6.45) is 11.6. The molecule has 0 unspecified atom stereocenters. The molecule has 4 aliphatic carbocycles. The van der Waals surface area contributed by atoms with Crippen molar-refractivity contribution in [2.45, 2.75) is 65.2 Å². The SMILES string of the molecule is C=C1C[C@H]2[C@@H]3CCC4=CC(=O)CC[C@]4(C)[C@H]3CC[C@]2(C)C1. The van der Waals surface area contributed by atoms with Gasteiger partial charge in [0, 0.05) is 6.42 Å². The topological polar surface area (TPSA) is 17.1 Å². The van der Waals surface area contributed by atoms with Crippen LogP contribution in [0.25, 0.3) is 0 Å². The number of allylic oxidation sites excluding steroid dienone is 2. The lowest BCUT2D eigenvalue weighted by Crippen LogP contribution is -2.49. The minimum absolute atomic E-state index is 0.322. The first-order valence-corrected chi connectivity index (χ1v) is 8.83. The van der Waals surface area contributed by atoms with Gasteiger partial charge in [0.1, 0.15) is 0 Å². The highest BCUT2D eigenvalue weighted by molar-refractivity contribution is 5.91. The second kappa shape index (κ2) is 4.33. The van der Waals surface area contributed by atoms with Gasteiger partial charge in [-0.1, -0.05) is 31.6 Å². The van der Waals surface area contributed by atoms with Gasteiger partial charge in [0.05, 0.1) is 0 Å². The van der Waals surface area contributed by atoms with E-state index in [2.05, 4.69) is 20.4 Å². The fourth-order valence-corrected chi connectivity index (χ4v) is 6.53. The predicted octanol–water partition coefficient (Wildman–Crippen LogP) is 5.07. The molecule has 0 saturated heterocycles. The molecule has 0 radical (unpaired) electrons. The molecule has 3 fully saturated rings. The first-order valence-electron chi connectivity index (χ1n) is 8.83. The predicted molar refractivity (Wildman–Crippen MR) is 85.9 cm³/mol. The van der Waals surface area contributed by atoms with Crippen molar-refractivity contribution in [1.29, 1.82) is 0 Å². The van der Waals surface area contributed by atoms with Crippen LogP contribution in [0.1, 0.15) is 65.2 Å². The van der Waals surface area contributed by atoms with Crippen molar-refractivity contribution in [3.63, 3.8) is 0 Å². The van der Waals surface area contributed by atoms with Crippen molar-refractivity contribution in [3.05, 3.63) is 23.8 Å². The average Bonchev–Trinajstić information content (AvgIpc) is 2.74. The lowest BCUT2D eigenvalue weighted by atomic mass is 9.47. The fourth-order valence-electron chi connectivity index (χ4n) is 6.53. The molecule has 1 nitrogen and oxygen atoms in total. The molecule has 0 bridgehead atoms. The quantitative estimate of drug-likeness (QED) is 0.567. The standard InChI is InChI=1S/C20H28O/c1-13-10-18-16-5-4-14-11-15(21)6-9-20(14,3)17(16)7-8-19(18,2)12-13/h11,16-18H,1,4-10,12H2,2-3H3/t16-,17+,18+,19-,20+/m1/s1. The molecule has 3 saturated carbocycles. The zero-order chi connectivity index (χ0) is 14.8. The molecule has 0 aromatic heterocycles. The third-order valence-electron chi connectivity index (χ3n) is 7.64. The van der Waals surface area contributed by atoms with E-state index in [1.54, 1.807) is 0 Å². The summed E-state index contributed by atoms with van der Waals surface area (Å²) in [6.45, 7) is 9.30. The Morgan fingerprint density at radius 1 is 1.14 bits per heavy atom. The molecule has 1 heteroatoms. The average molecular weight is 284 g/mol. The van der Waals surface area contributed by atoms with Crippen LogP contribution in [0.5, 0.6) is 0 Å². The third-order valence-corrected chi connectivity index (χ3v) is 7.64. The van der Waals surface area contributed by atoms with Crippen LogP contribution in [0.15, 0.2) is 23.8 Å². The molecule has 0 heterocycles. The Balaban J connectivity index is 1.70. The Kier molecular flexibility index (Phi) is 2.85. The number of hydrogen-bond donors (Lipinski definition) is 0. The highest BCUT2D eigenvalue weighted by atomic mass is 16.1. The van der Waals surface area contributed by atoms with E-state index in [1.807, 2.05) is 6.08 Å².